The number of esters is 1. The molecule has 1 heterocycles. The van der Waals surface area contributed by atoms with Crippen LogP contribution in [0.5, 0.6) is 0 Å². The number of rotatable bonds is 3. The van der Waals surface area contributed by atoms with Crippen molar-refractivity contribution in [3.8, 4) is 0 Å². The van der Waals surface area contributed by atoms with E-state index in [1.165, 1.54) is 12.1 Å². The molecule has 0 radical (unpaired) electrons. The normalized spacial score (nSPS) is 14.4. The van der Waals surface area contributed by atoms with Gasteiger partial charge in [-0.05, 0) is 23.1 Å². The largest absolute Gasteiger partial charge is 0.456 e. The summed E-state index contributed by atoms with van der Waals surface area (Å²) in [6, 6.07) is 4.76. The number of hydrogen-bond donors (Lipinski definition) is 2. The fourth-order valence-corrected chi connectivity index (χ4v) is 2.42. The van der Waals surface area contributed by atoms with Crippen LogP contribution in [0.2, 0.25) is 0 Å². The lowest BCUT2D eigenvalue weighted by molar-refractivity contribution is -0.134. The Balaban J connectivity index is 1.92. The van der Waals surface area contributed by atoms with Crippen LogP contribution >= 0.6 is 11.9 Å². The molecular formula is C15H17FN2O3S. The Morgan fingerprint density at radius 2 is 2.09 bits per heavy atom. The van der Waals surface area contributed by atoms with Crippen molar-refractivity contribution in [2.24, 2.45) is 0 Å². The van der Waals surface area contributed by atoms with Crippen molar-refractivity contribution in [1.29, 1.82) is 0 Å². The van der Waals surface area contributed by atoms with Crippen molar-refractivity contribution in [2.45, 2.75) is 26.2 Å². The highest BCUT2D eigenvalue weighted by Gasteiger charge is 2.19. The summed E-state index contributed by atoms with van der Waals surface area (Å²) in [7, 11) is 0. The molecule has 0 fully saturated rings. The summed E-state index contributed by atoms with van der Waals surface area (Å²) in [5.74, 6) is -0.802. The average Bonchev–Trinajstić information content (AvgIpc) is 2.80. The maximum atomic E-state index is 14.0. The number of cyclic esters (lactones) is 1. The Morgan fingerprint density at radius 1 is 1.36 bits per heavy atom. The lowest BCUT2D eigenvalue weighted by atomic mass is 9.86. The molecule has 1 aliphatic heterocycles. The number of amides is 1. The van der Waals surface area contributed by atoms with Gasteiger partial charge in [0.15, 0.2) is 0 Å². The molecule has 22 heavy (non-hydrogen) atoms. The van der Waals surface area contributed by atoms with Crippen molar-refractivity contribution in [1.82, 2.24) is 5.32 Å². The van der Waals surface area contributed by atoms with E-state index in [-0.39, 0.29) is 17.8 Å². The van der Waals surface area contributed by atoms with Crippen LogP contribution in [0.25, 0.3) is 0 Å². The van der Waals surface area contributed by atoms with Crippen LogP contribution in [-0.2, 0) is 14.9 Å². The van der Waals surface area contributed by atoms with Gasteiger partial charge in [-0.15, -0.1) is 0 Å². The second-order valence-corrected chi connectivity index (χ2v) is 6.62. The molecule has 0 saturated carbocycles. The van der Waals surface area contributed by atoms with Gasteiger partial charge < -0.3 is 14.8 Å². The first-order chi connectivity index (χ1) is 10.3. The third-order valence-electron chi connectivity index (χ3n) is 2.96. The molecule has 118 valence electrons. The number of halogens is 1. The summed E-state index contributed by atoms with van der Waals surface area (Å²) >= 11 is 0.765. The van der Waals surface area contributed by atoms with Crippen molar-refractivity contribution >= 4 is 28.8 Å². The summed E-state index contributed by atoms with van der Waals surface area (Å²) in [4.78, 5) is 22.5. The van der Waals surface area contributed by atoms with Crippen molar-refractivity contribution in [2.75, 3.05) is 11.3 Å². The number of hydrogen-bond acceptors (Lipinski definition) is 5. The van der Waals surface area contributed by atoms with Gasteiger partial charge in [0.1, 0.15) is 12.4 Å². The van der Waals surface area contributed by atoms with E-state index in [1.54, 1.807) is 12.1 Å². The molecule has 1 aromatic carbocycles. The van der Waals surface area contributed by atoms with E-state index < -0.39 is 11.2 Å². The molecule has 0 bridgehead atoms. The lowest BCUT2D eigenvalue weighted by Crippen LogP contribution is -2.20. The molecule has 5 nitrogen and oxygen atoms in total. The first-order valence-electron chi connectivity index (χ1n) is 6.67. The number of anilines is 1. The fraction of sp³-hybridized carbons (Fsp3) is 0.333. The van der Waals surface area contributed by atoms with Gasteiger partial charge in [-0.25, -0.2) is 9.18 Å². The number of carbonyl (C=O) groups is 2. The van der Waals surface area contributed by atoms with Gasteiger partial charge in [0, 0.05) is 23.7 Å². The van der Waals surface area contributed by atoms with Gasteiger partial charge in [-0.2, -0.15) is 0 Å². The van der Waals surface area contributed by atoms with Crippen LogP contribution in [-0.4, -0.2) is 17.8 Å². The molecule has 2 rings (SSSR count). The maximum absolute atomic E-state index is 14.0. The van der Waals surface area contributed by atoms with Gasteiger partial charge in [-0.3, -0.25) is 4.79 Å². The fourth-order valence-electron chi connectivity index (χ4n) is 1.90. The Kier molecular flexibility index (Phi) is 4.75. The quantitative estimate of drug-likeness (QED) is 0.659. The zero-order valence-electron chi connectivity index (χ0n) is 12.5. The topological polar surface area (TPSA) is 67.4 Å². The standard InChI is InChI=1S/C15H17FN2O3S/c1-15(2,3)11-5-4-9(6-12(11)16)18-22-14(20)17-10-7-13(19)21-8-10/h4-7,18H,8H2,1-3H3,(H,17,20). The van der Waals surface area contributed by atoms with E-state index in [1.807, 2.05) is 20.8 Å². The summed E-state index contributed by atoms with van der Waals surface area (Å²) in [5.41, 5.74) is 1.21. The molecule has 0 atom stereocenters. The van der Waals surface area contributed by atoms with Gasteiger partial charge >= 0.3 is 11.2 Å². The van der Waals surface area contributed by atoms with Crippen LogP contribution < -0.4 is 10.0 Å². The number of nitrogens with one attached hydrogen (secondary N) is 2. The van der Waals surface area contributed by atoms with Crippen molar-refractivity contribution in [3.05, 3.63) is 41.4 Å². The minimum absolute atomic E-state index is 0.0556. The summed E-state index contributed by atoms with van der Waals surface area (Å²) < 4.78 is 21.5. The predicted molar refractivity (Wildman–Crippen MR) is 83.9 cm³/mol. The molecular weight excluding hydrogens is 307 g/mol. The maximum Gasteiger partial charge on any atom is 0.333 e. The van der Waals surface area contributed by atoms with Gasteiger partial charge in [0.25, 0.3) is 0 Å². The number of carbonyl (C=O) groups excluding carboxylic acids is 2. The highest BCUT2D eigenvalue weighted by Crippen LogP contribution is 2.27. The van der Waals surface area contributed by atoms with Crippen LogP contribution in [0.4, 0.5) is 14.9 Å². The molecule has 1 aliphatic rings. The number of ether oxygens (including phenoxy) is 1. The second-order valence-electron chi connectivity index (χ2n) is 5.84. The molecule has 0 spiro atoms. The van der Waals surface area contributed by atoms with Crippen LogP contribution in [0.3, 0.4) is 0 Å². The van der Waals surface area contributed by atoms with Crippen molar-refractivity contribution in [3.63, 3.8) is 0 Å². The summed E-state index contributed by atoms with van der Waals surface area (Å²) in [6.07, 6.45) is 1.22. The Hall–Kier alpha value is -2.02. The van der Waals surface area contributed by atoms with Crippen LogP contribution in [0, 0.1) is 5.82 Å². The second kappa shape index (κ2) is 6.39. The zero-order chi connectivity index (χ0) is 16.3. The first-order valence-corrected chi connectivity index (χ1v) is 7.48. The van der Waals surface area contributed by atoms with E-state index in [4.69, 9.17) is 0 Å². The monoisotopic (exact) mass is 324 g/mol. The Morgan fingerprint density at radius 3 is 2.64 bits per heavy atom. The van der Waals surface area contributed by atoms with Crippen LogP contribution in [0.1, 0.15) is 26.3 Å². The lowest BCUT2D eigenvalue weighted by Gasteiger charge is -2.20. The van der Waals surface area contributed by atoms with E-state index in [9.17, 15) is 14.0 Å². The SMILES string of the molecule is CC(C)(C)c1ccc(NSC(=O)NC2=CC(=O)OC2)cc1F. The molecule has 0 aliphatic carbocycles. The molecule has 0 unspecified atom stereocenters. The molecule has 1 amide bonds. The molecule has 7 heteroatoms. The van der Waals surface area contributed by atoms with E-state index in [0.29, 0.717) is 16.9 Å². The van der Waals surface area contributed by atoms with Crippen LogP contribution in [0.15, 0.2) is 30.0 Å². The smallest absolute Gasteiger partial charge is 0.333 e. The van der Waals surface area contributed by atoms with E-state index in [2.05, 4.69) is 14.8 Å². The van der Waals surface area contributed by atoms with E-state index in [0.717, 1.165) is 11.9 Å². The highest BCUT2D eigenvalue weighted by molar-refractivity contribution is 8.14. The molecule has 1 aromatic rings. The Bertz CT molecular complexity index is 638. The molecule has 0 saturated heterocycles. The average molecular weight is 324 g/mol. The van der Waals surface area contributed by atoms with Gasteiger partial charge in [0.05, 0.1) is 5.70 Å². The first kappa shape index (κ1) is 16.4. The van der Waals surface area contributed by atoms with Gasteiger partial charge in [0.2, 0.25) is 0 Å². The Labute approximate surface area is 132 Å². The predicted octanol–water partition coefficient (Wildman–Crippen LogP) is 3.33. The zero-order valence-corrected chi connectivity index (χ0v) is 13.3. The third kappa shape index (κ3) is 4.24. The molecule has 0 aromatic heterocycles. The van der Waals surface area contributed by atoms with Crippen molar-refractivity contribution < 1.29 is 18.7 Å². The minimum atomic E-state index is -0.479. The molecule has 2 N–H and O–H groups in total. The minimum Gasteiger partial charge on any atom is -0.456 e. The van der Waals surface area contributed by atoms with E-state index >= 15 is 0 Å². The summed E-state index contributed by atoms with van der Waals surface area (Å²) in [5, 5.41) is 2.10. The third-order valence-corrected chi connectivity index (χ3v) is 3.59. The van der Waals surface area contributed by atoms with Gasteiger partial charge in [-0.1, -0.05) is 26.8 Å². The highest BCUT2D eigenvalue weighted by atomic mass is 32.2. The summed E-state index contributed by atoms with van der Waals surface area (Å²) in [6.45, 7) is 5.85. The number of benzene rings is 1.